The van der Waals surface area contributed by atoms with Crippen LogP contribution in [0.5, 0.6) is 0 Å². The third-order valence-electron chi connectivity index (χ3n) is 3.99. The monoisotopic (exact) mass is 262 g/mol. The molecule has 19 heavy (non-hydrogen) atoms. The molecule has 0 spiro atoms. The lowest BCUT2D eigenvalue weighted by Gasteiger charge is -2.38. The van der Waals surface area contributed by atoms with Crippen LogP contribution in [0.3, 0.4) is 0 Å². The van der Waals surface area contributed by atoms with Gasteiger partial charge in [-0.1, -0.05) is 19.1 Å². The molecule has 0 bridgehead atoms. The molecule has 1 aromatic carbocycles. The van der Waals surface area contributed by atoms with Gasteiger partial charge in [0.25, 0.3) is 0 Å². The predicted octanol–water partition coefficient (Wildman–Crippen LogP) is 2.97. The number of nitrogens with one attached hydrogen (secondary N) is 1. The Hall–Kier alpha value is -1.06. The molecule has 0 amide bonds. The lowest BCUT2D eigenvalue weighted by atomic mass is 10.0. The number of morpholine rings is 1. The summed E-state index contributed by atoms with van der Waals surface area (Å²) in [4.78, 5) is 2.44. The van der Waals surface area contributed by atoms with E-state index in [0.29, 0.717) is 18.2 Å². The van der Waals surface area contributed by atoms with E-state index in [2.05, 4.69) is 55.3 Å². The van der Waals surface area contributed by atoms with E-state index in [0.717, 1.165) is 19.6 Å². The van der Waals surface area contributed by atoms with Crippen molar-refractivity contribution < 1.29 is 4.74 Å². The molecule has 2 rings (SSSR count). The first kappa shape index (κ1) is 14.4. The Kier molecular flexibility index (Phi) is 4.83. The van der Waals surface area contributed by atoms with Crippen molar-refractivity contribution in [3.63, 3.8) is 0 Å². The van der Waals surface area contributed by atoms with E-state index in [4.69, 9.17) is 4.74 Å². The van der Waals surface area contributed by atoms with Gasteiger partial charge in [0.1, 0.15) is 0 Å². The molecule has 0 aromatic heterocycles. The number of hydrogen-bond acceptors (Lipinski definition) is 3. The predicted molar refractivity (Wildman–Crippen MR) is 80.8 cm³/mol. The van der Waals surface area contributed by atoms with E-state index in [1.807, 2.05) is 7.05 Å². The highest BCUT2D eigenvalue weighted by Crippen LogP contribution is 2.24. The molecule has 3 unspecified atom stereocenters. The molecule has 106 valence electrons. The zero-order valence-corrected chi connectivity index (χ0v) is 12.5. The Bertz CT molecular complexity index is 386. The summed E-state index contributed by atoms with van der Waals surface area (Å²) in [6, 6.07) is 9.87. The summed E-state index contributed by atoms with van der Waals surface area (Å²) in [5.41, 5.74) is 2.67. The van der Waals surface area contributed by atoms with Crippen molar-refractivity contribution >= 4 is 5.69 Å². The Morgan fingerprint density at radius 3 is 2.58 bits per heavy atom. The normalized spacial score (nSPS) is 25.4. The number of hydrogen-bond donors (Lipinski definition) is 1. The molecule has 3 heteroatoms. The van der Waals surface area contributed by atoms with Crippen molar-refractivity contribution in [3.05, 3.63) is 29.8 Å². The smallest absolute Gasteiger partial charge is 0.0723 e. The third kappa shape index (κ3) is 3.28. The van der Waals surface area contributed by atoms with E-state index >= 15 is 0 Å². The van der Waals surface area contributed by atoms with Crippen LogP contribution in [0.4, 0.5) is 5.69 Å². The summed E-state index contributed by atoms with van der Waals surface area (Å²) >= 11 is 0. The molecule has 0 radical (unpaired) electrons. The Balaban J connectivity index is 2.13. The Morgan fingerprint density at radius 1 is 1.32 bits per heavy atom. The molecule has 0 aliphatic carbocycles. The number of rotatable bonds is 4. The van der Waals surface area contributed by atoms with Crippen molar-refractivity contribution in [2.24, 2.45) is 0 Å². The van der Waals surface area contributed by atoms with E-state index in [-0.39, 0.29) is 0 Å². The highest BCUT2D eigenvalue weighted by atomic mass is 16.5. The minimum atomic E-state index is 0.316. The molecule has 1 aliphatic heterocycles. The van der Waals surface area contributed by atoms with Crippen molar-refractivity contribution in [1.29, 1.82) is 0 Å². The van der Waals surface area contributed by atoms with Crippen LogP contribution in [0, 0.1) is 0 Å². The zero-order chi connectivity index (χ0) is 13.8. The number of benzene rings is 1. The Labute approximate surface area is 116 Å². The highest BCUT2D eigenvalue weighted by molar-refractivity contribution is 5.49. The largest absolute Gasteiger partial charge is 0.375 e. The van der Waals surface area contributed by atoms with Crippen LogP contribution in [0.15, 0.2) is 24.3 Å². The maximum Gasteiger partial charge on any atom is 0.0723 e. The summed E-state index contributed by atoms with van der Waals surface area (Å²) in [6.45, 7) is 8.37. The summed E-state index contributed by atoms with van der Waals surface area (Å²) in [6.07, 6.45) is 1.43. The van der Waals surface area contributed by atoms with Crippen LogP contribution in [0.25, 0.3) is 0 Å². The third-order valence-corrected chi connectivity index (χ3v) is 3.99. The van der Waals surface area contributed by atoms with Crippen molar-refractivity contribution in [1.82, 2.24) is 5.32 Å². The van der Waals surface area contributed by atoms with Crippen molar-refractivity contribution in [2.75, 3.05) is 25.1 Å². The molecule has 3 nitrogen and oxygen atoms in total. The van der Waals surface area contributed by atoms with Crippen LogP contribution < -0.4 is 10.2 Å². The van der Waals surface area contributed by atoms with Gasteiger partial charge in [0.15, 0.2) is 0 Å². The second-order valence-corrected chi connectivity index (χ2v) is 5.49. The maximum atomic E-state index is 5.69. The summed E-state index contributed by atoms with van der Waals surface area (Å²) in [7, 11) is 2.02. The second kappa shape index (κ2) is 6.40. The molecule has 1 aliphatic rings. The molecule has 1 saturated heterocycles. The molecular formula is C16H26N2O. The SMILES string of the molecule is CCC(NC)c1ccc(N2CC(C)OCC2C)cc1. The van der Waals surface area contributed by atoms with Crippen molar-refractivity contribution in [3.8, 4) is 0 Å². The fourth-order valence-corrected chi connectivity index (χ4v) is 2.77. The van der Waals surface area contributed by atoms with Gasteiger partial charge in [-0.15, -0.1) is 0 Å². The van der Waals surface area contributed by atoms with Gasteiger partial charge in [-0.2, -0.15) is 0 Å². The minimum Gasteiger partial charge on any atom is -0.375 e. The van der Waals surface area contributed by atoms with Gasteiger partial charge in [0.2, 0.25) is 0 Å². The van der Waals surface area contributed by atoms with Crippen LogP contribution in [0.2, 0.25) is 0 Å². The summed E-state index contributed by atoms with van der Waals surface area (Å²) in [5, 5.41) is 3.35. The average molecular weight is 262 g/mol. The van der Waals surface area contributed by atoms with Gasteiger partial charge >= 0.3 is 0 Å². The lowest BCUT2D eigenvalue weighted by Crippen LogP contribution is -2.47. The molecule has 1 aromatic rings. The van der Waals surface area contributed by atoms with Gasteiger partial charge in [0, 0.05) is 24.3 Å². The van der Waals surface area contributed by atoms with E-state index in [1.165, 1.54) is 11.3 Å². The molecule has 1 fully saturated rings. The number of nitrogens with zero attached hydrogens (tertiary/aromatic N) is 1. The molecule has 3 atom stereocenters. The summed E-state index contributed by atoms with van der Waals surface area (Å²) < 4.78 is 5.69. The van der Waals surface area contributed by atoms with Crippen molar-refractivity contribution in [2.45, 2.75) is 45.4 Å². The van der Waals surface area contributed by atoms with Gasteiger partial charge in [-0.25, -0.2) is 0 Å². The average Bonchev–Trinajstić information content (AvgIpc) is 2.44. The number of anilines is 1. The van der Waals surface area contributed by atoms with Crippen LogP contribution in [-0.4, -0.2) is 32.3 Å². The fraction of sp³-hybridized carbons (Fsp3) is 0.625. The van der Waals surface area contributed by atoms with Crippen LogP contribution >= 0.6 is 0 Å². The zero-order valence-electron chi connectivity index (χ0n) is 12.5. The fourth-order valence-electron chi connectivity index (χ4n) is 2.77. The van der Waals surface area contributed by atoms with E-state index in [9.17, 15) is 0 Å². The first-order valence-electron chi connectivity index (χ1n) is 7.31. The van der Waals surface area contributed by atoms with Gasteiger partial charge in [-0.3, -0.25) is 0 Å². The van der Waals surface area contributed by atoms with E-state index in [1.54, 1.807) is 0 Å². The maximum absolute atomic E-state index is 5.69. The number of ether oxygens (including phenoxy) is 1. The topological polar surface area (TPSA) is 24.5 Å². The first-order chi connectivity index (χ1) is 9.15. The van der Waals surface area contributed by atoms with Crippen LogP contribution in [-0.2, 0) is 4.74 Å². The molecule has 1 N–H and O–H groups in total. The van der Waals surface area contributed by atoms with Gasteiger partial charge < -0.3 is 15.0 Å². The standard InChI is InChI=1S/C16H26N2O/c1-5-16(17-4)14-6-8-15(9-7-14)18-10-13(3)19-11-12(18)2/h6-9,12-13,16-17H,5,10-11H2,1-4H3. The molecule has 0 saturated carbocycles. The quantitative estimate of drug-likeness (QED) is 0.903. The summed E-state index contributed by atoms with van der Waals surface area (Å²) in [5.74, 6) is 0. The molecular weight excluding hydrogens is 236 g/mol. The highest BCUT2D eigenvalue weighted by Gasteiger charge is 2.23. The van der Waals surface area contributed by atoms with Crippen LogP contribution in [0.1, 0.15) is 38.8 Å². The minimum absolute atomic E-state index is 0.316. The second-order valence-electron chi connectivity index (χ2n) is 5.49. The van der Waals surface area contributed by atoms with Gasteiger partial charge in [0.05, 0.1) is 12.7 Å². The lowest BCUT2D eigenvalue weighted by molar-refractivity contribution is 0.0344. The first-order valence-corrected chi connectivity index (χ1v) is 7.31. The van der Waals surface area contributed by atoms with E-state index < -0.39 is 0 Å². The van der Waals surface area contributed by atoms with Gasteiger partial charge in [-0.05, 0) is 45.0 Å². The molecule has 1 heterocycles. The Morgan fingerprint density at radius 2 is 2.00 bits per heavy atom.